The van der Waals surface area contributed by atoms with Crippen LogP contribution in [0.1, 0.15) is 52.4 Å². The summed E-state index contributed by atoms with van der Waals surface area (Å²) in [6.07, 6.45) is 1.27. The minimum atomic E-state index is -2.61. The van der Waals surface area contributed by atoms with Gasteiger partial charge in [0.2, 0.25) is 0 Å². The largest absolute Gasteiger partial charge is 0.481 e. The standard InChI is InChI=1S/C11H20O5.C4H10O4/c1-11(2,7-12)8-16-10(15)6-4-3-5-9(13)14;5-3-1-2-4(6,7)8/h12H,3-8H2,1-2H3,(H,13,14);5-8H,1-3H2. The van der Waals surface area contributed by atoms with Gasteiger partial charge in [-0.15, -0.1) is 0 Å². The smallest absolute Gasteiger partial charge is 0.305 e. The van der Waals surface area contributed by atoms with E-state index >= 15 is 0 Å². The molecule has 0 spiro atoms. The molecule has 0 saturated carbocycles. The van der Waals surface area contributed by atoms with Crippen molar-refractivity contribution in [2.75, 3.05) is 19.8 Å². The van der Waals surface area contributed by atoms with Crippen molar-refractivity contribution in [2.24, 2.45) is 5.41 Å². The highest BCUT2D eigenvalue weighted by atomic mass is 16.7. The fourth-order valence-electron chi connectivity index (χ4n) is 1.26. The molecule has 0 aliphatic carbocycles. The molecule has 0 aromatic heterocycles. The molecule has 0 heterocycles. The van der Waals surface area contributed by atoms with Crippen molar-refractivity contribution in [2.45, 2.75) is 58.3 Å². The molecule has 144 valence electrons. The summed E-state index contributed by atoms with van der Waals surface area (Å²) in [7, 11) is 0. The first-order valence-electron chi connectivity index (χ1n) is 7.70. The van der Waals surface area contributed by atoms with Gasteiger partial charge in [-0.25, -0.2) is 0 Å². The Bertz CT molecular complexity index is 347. The van der Waals surface area contributed by atoms with E-state index in [4.69, 9.17) is 35.4 Å². The maximum Gasteiger partial charge on any atom is 0.305 e. The van der Waals surface area contributed by atoms with Gasteiger partial charge in [0.05, 0.1) is 13.2 Å². The van der Waals surface area contributed by atoms with Gasteiger partial charge in [0.1, 0.15) is 0 Å². The zero-order chi connectivity index (χ0) is 19.2. The maximum absolute atomic E-state index is 11.2. The zero-order valence-corrected chi connectivity index (χ0v) is 14.3. The lowest BCUT2D eigenvalue weighted by molar-refractivity contribution is -0.315. The first-order valence-corrected chi connectivity index (χ1v) is 7.70. The van der Waals surface area contributed by atoms with Crippen LogP contribution in [0.5, 0.6) is 0 Å². The first kappa shape index (κ1) is 25.0. The highest BCUT2D eigenvalue weighted by molar-refractivity contribution is 5.69. The van der Waals surface area contributed by atoms with E-state index in [0.29, 0.717) is 12.8 Å². The molecule has 6 N–H and O–H groups in total. The molecule has 0 fully saturated rings. The third-order valence-corrected chi connectivity index (χ3v) is 2.74. The van der Waals surface area contributed by atoms with Crippen LogP contribution in [0, 0.1) is 5.41 Å². The molecule has 0 saturated heterocycles. The molecule has 0 bridgehead atoms. The summed E-state index contributed by atoms with van der Waals surface area (Å²) in [6.45, 7) is 3.58. The predicted molar refractivity (Wildman–Crippen MR) is 83.6 cm³/mol. The highest BCUT2D eigenvalue weighted by Gasteiger charge is 2.19. The van der Waals surface area contributed by atoms with Crippen molar-refractivity contribution in [3.05, 3.63) is 0 Å². The van der Waals surface area contributed by atoms with Crippen LogP contribution in [0.4, 0.5) is 0 Å². The Morgan fingerprint density at radius 1 is 0.958 bits per heavy atom. The van der Waals surface area contributed by atoms with Crippen LogP contribution >= 0.6 is 0 Å². The van der Waals surface area contributed by atoms with E-state index in [-0.39, 0.29) is 51.5 Å². The monoisotopic (exact) mass is 354 g/mol. The van der Waals surface area contributed by atoms with Gasteiger partial charge in [-0.1, -0.05) is 13.8 Å². The van der Waals surface area contributed by atoms with Gasteiger partial charge < -0.3 is 35.4 Å². The van der Waals surface area contributed by atoms with E-state index in [0.717, 1.165) is 0 Å². The van der Waals surface area contributed by atoms with E-state index < -0.39 is 17.4 Å². The molecular weight excluding hydrogens is 324 g/mol. The summed E-state index contributed by atoms with van der Waals surface area (Å²) in [6, 6.07) is 0. The van der Waals surface area contributed by atoms with Crippen molar-refractivity contribution in [1.82, 2.24) is 0 Å². The number of carbonyl (C=O) groups is 2. The van der Waals surface area contributed by atoms with Crippen LogP contribution in [0.15, 0.2) is 0 Å². The van der Waals surface area contributed by atoms with Crippen LogP contribution in [0.2, 0.25) is 0 Å². The third kappa shape index (κ3) is 20.7. The van der Waals surface area contributed by atoms with Gasteiger partial charge in [0, 0.05) is 31.3 Å². The number of esters is 1. The van der Waals surface area contributed by atoms with E-state index in [1.165, 1.54) is 0 Å². The topological polar surface area (TPSA) is 165 Å². The van der Waals surface area contributed by atoms with Gasteiger partial charge >= 0.3 is 11.9 Å². The van der Waals surface area contributed by atoms with Gasteiger partial charge in [-0.3, -0.25) is 9.59 Å². The van der Waals surface area contributed by atoms with E-state index in [2.05, 4.69) is 0 Å². The number of hydrogen-bond acceptors (Lipinski definition) is 8. The number of ether oxygens (including phenoxy) is 1. The second kappa shape index (κ2) is 13.1. The fourth-order valence-corrected chi connectivity index (χ4v) is 1.26. The lowest BCUT2D eigenvalue weighted by Gasteiger charge is -2.20. The fraction of sp³-hybridized carbons (Fsp3) is 0.867. The molecule has 0 unspecified atom stereocenters. The number of unbranched alkanes of at least 4 members (excludes halogenated alkanes) is 1. The molecule has 9 heteroatoms. The van der Waals surface area contributed by atoms with Crippen LogP contribution in [0.25, 0.3) is 0 Å². The van der Waals surface area contributed by atoms with E-state index in [1.54, 1.807) is 13.8 Å². The average molecular weight is 354 g/mol. The lowest BCUT2D eigenvalue weighted by atomic mass is 9.97. The summed E-state index contributed by atoms with van der Waals surface area (Å²) < 4.78 is 4.96. The SMILES string of the molecule is CC(C)(CO)COC(=O)CCCCC(=O)O.OCCCC(O)(O)O. The number of carbonyl (C=O) groups excluding carboxylic acids is 1. The number of aliphatic carboxylic acids is 1. The second-order valence-electron chi connectivity index (χ2n) is 6.19. The van der Waals surface area contributed by atoms with Gasteiger partial charge in [-0.2, -0.15) is 0 Å². The zero-order valence-electron chi connectivity index (χ0n) is 14.3. The van der Waals surface area contributed by atoms with Crippen LogP contribution in [-0.2, 0) is 14.3 Å². The van der Waals surface area contributed by atoms with Gasteiger partial charge in [0.25, 0.3) is 5.97 Å². The van der Waals surface area contributed by atoms with Crippen LogP contribution < -0.4 is 0 Å². The normalized spacial score (nSPS) is 11.5. The minimum Gasteiger partial charge on any atom is -0.481 e. The molecule has 0 rings (SSSR count). The predicted octanol–water partition coefficient (Wildman–Crippen LogP) is -0.417. The van der Waals surface area contributed by atoms with Crippen molar-refractivity contribution >= 4 is 11.9 Å². The summed E-state index contributed by atoms with van der Waals surface area (Å²) in [5.41, 5.74) is -0.420. The molecule has 0 aliphatic heterocycles. The Morgan fingerprint density at radius 3 is 1.88 bits per heavy atom. The summed E-state index contributed by atoms with van der Waals surface area (Å²) in [5.74, 6) is -3.80. The molecule has 0 aromatic carbocycles. The molecular formula is C15H30O9. The Kier molecular flexibility index (Phi) is 13.6. The van der Waals surface area contributed by atoms with Crippen molar-refractivity contribution in [3.8, 4) is 0 Å². The van der Waals surface area contributed by atoms with Gasteiger partial charge in [0.15, 0.2) is 0 Å². The number of aliphatic hydroxyl groups is 5. The van der Waals surface area contributed by atoms with Crippen LogP contribution in [0.3, 0.4) is 0 Å². The number of rotatable bonds is 11. The number of aliphatic hydroxyl groups excluding tert-OH is 2. The highest BCUT2D eigenvalue weighted by Crippen LogP contribution is 2.14. The second-order valence-corrected chi connectivity index (χ2v) is 6.19. The molecule has 0 aromatic rings. The first-order chi connectivity index (χ1) is 10.9. The molecule has 0 aliphatic rings. The lowest BCUT2D eigenvalue weighted by Crippen LogP contribution is -2.26. The third-order valence-electron chi connectivity index (χ3n) is 2.74. The molecule has 0 radical (unpaired) electrons. The maximum atomic E-state index is 11.2. The average Bonchev–Trinajstić information content (AvgIpc) is 2.47. The molecule has 24 heavy (non-hydrogen) atoms. The Balaban J connectivity index is 0. The summed E-state index contributed by atoms with van der Waals surface area (Å²) in [5, 5.41) is 49.8. The number of hydrogen-bond donors (Lipinski definition) is 6. The minimum absolute atomic E-state index is 0.0424. The van der Waals surface area contributed by atoms with E-state index in [9.17, 15) is 9.59 Å². The van der Waals surface area contributed by atoms with Crippen molar-refractivity contribution in [1.29, 1.82) is 0 Å². The quantitative estimate of drug-likeness (QED) is 0.164. The van der Waals surface area contributed by atoms with Gasteiger partial charge in [-0.05, 0) is 19.3 Å². The van der Waals surface area contributed by atoms with Crippen LogP contribution in [-0.4, -0.2) is 68.4 Å². The Morgan fingerprint density at radius 2 is 1.50 bits per heavy atom. The Hall–Kier alpha value is -1.26. The van der Waals surface area contributed by atoms with Crippen molar-refractivity contribution in [3.63, 3.8) is 0 Å². The van der Waals surface area contributed by atoms with Crippen molar-refractivity contribution < 1.29 is 45.0 Å². The number of carboxylic acids is 1. The molecule has 9 nitrogen and oxygen atoms in total. The number of carboxylic acid groups (broad SMARTS) is 1. The molecule has 0 amide bonds. The van der Waals surface area contributed by atoms with E-state index in [1.807, 2.05) is 0 Å². The Labute approximate surface area is 141 Å². The summed E-state index contributed by atoms with van der Waals surface area (Å²) in [4.78, 5) is 21.4. The molecule has 0 atom stereocenters. The summed E-state index contributed by atoms with van der Waals surface area (Å²) >= 11 is 0.